The first kappa shape index (κ1) is 16.4. The molecule has 1 rings (SSSR count). The summed E-state index contributed by atoms with van der Waals surface area (Å²) in [4.78, 5) is -0.00806. The number of hydrogen-bond acceptors (Lipinski definition) is 2. The van der Waals surface area contributed by atoms with E-state index in [1.165, 1.54) is 30.4 Å². The first-order chi connectivity index (χ1) is 8.70. The fraction of sp³-hybridized carbons (Fsp3) is 0.538. The third-order valence-corrected chi connectivity index (χ3v) is 5.08. The van der Waals surface area contributed by atoms with Crippen molar-refractivity contribution in [3.63, 3.8) is 0 Å². The van der Waals surface area contributed by atoms with E-state index in [1.807, 2.05) is 13.8 Å². The van der Waals surface area contributed by atoms with Gasteiger partial charge in [-0.25, -0.2) is 17.1 Å². The van der Waals surface area contributed by atoms with Gasteiger partial charge in [0.2, 0.25) is 10.0 Å². The quantitative estimate of drug-likeness (QED) is 0.784. The minimum atomic E-state index is -3.69. The summed E-state index contributed by atoms with van der Waals surface area (Å²) in [7, 11) is -2.19. The first-order valence-corrected chi connectivity index (χ1v) is 7.99. The second-order valence-corrected chi connectivity index (χ2v) is 7.29. The summed E-state index contributed by atoms with van der Waals surface area (Å²) < 4.78 is 39.8. The average Bonchev–Trinajstić information content (AvgIpc) is 2.31. The predicted molar refractivity (Wildman–Crippen MR) is 75.3 cm³/mol. The molecule has 0 aliphatic carbocycles. The van der Waals surface area contributed by atoms with Crippen molar-refractivity contribution in [3.05, 3.63) is 29.1 Å². The minimum Gasteiger partial charge on any atom is -0.207 e. The molecule has 0 aromatic heterocycles. The molecule has 0 bridgehead atoms. The van der Waals surface area contributed by atoms with Crippen LogP contribution in [0.25, 0.3) is 0 Å². The van der Waals surface area contributed by atoms with Crippen LogP contribution in [0.5, 0.6) is 0 Å². The SMILES string of the molecule is Cc1c(F)cc(CCl)cc1S(=O)(=O)N(C)CC(C)C. The Morgan fingerprint density at radius 2 is 1.95 bits per heavy atom. The molecule has 0 heterocycles. The van der Waals surface area contributed by atoms with Crippen LogP contribution in [0.4, 0.5) is 4.39 Å². The lowest BCUT2D eigenvalue weighted by atomic mass is 10.1. The monoisotopic (exact) mass is 307 g/mol. The molecular formula is C13H19ClFNO2S. The Morgan fingerprint density at radius 3 is 2.42 bits per heavy atom. The summed E-state index contributed by atoms with van der Waals surface area (Å²) in [5.74, 6) is -0.274. The average molecular weight is 308 g/mol. The van der Waals surface area contributed by atoms with Gasteiger partial charge in [0.25, 0.3) is 0 Å². The molecule has 0 N–H and O–H groups in total. The first-order valence-electron chi connectivity index (χ1n) is 6.01. The second-order valence-electron chi connectivity index (χ2n) is 5.01. The van der Waals surface area contributed by atoms with Gasteiger partial charge >= 0.3 is 0 Å². The fourth-order valence-electron chi connectivity index (χ4n) is 1.83. The van der Waals surface area contributed by atoms with Crippen molar-refractivity contribution in [2.45, 2.75) is 31.5 Å². The van der Waals surface area contributed by atoms with Gasteiger partial charge in [0, 0.05) is 25.0 Å². The van der Waals surface area contributed by atoms with Gasteiger partial charge in [-0.3, -0.25) is 0 Å². The van der Waals surface area contributed by atoms with Crippen molar-refractivity contribution >= 4 is 21.6 Å². The van der Waals surface area contributed by atoms with E-state index in [1.54, 1.807) is 0 Å². The second kappa shape index (κ2) is 6.20. The zero-order valence-electron chi connectivity index (χ0n) is 11.6. The van der Waals surface area contributed by atoms with Gasteiger partial charge in [0.1, 0.15) is 5.82 Å². The Hall–Kier alpha value is -0.650. The Labute approximate surface area is 119 Å². The molecule has 0 aliphatic rings. The van der Waals surface area contributed by atoms with Crippen molar-refractivity contribution in [1.82, 2.24) is 4.31 Å². The van der Waals surface area contributed by atoms with Crippen molar-refractivity contribution in [3.8, 4) is 0 Å². The van der Waals surface area contributed by atoms with Gasteiger partial charge in [-0.1, -0.05) is 13.8 Å². The maximum absolute atomic E-state index is 13.7. The number of alkyl halides is 1. The lowest BCUT2D eigenvalue weighted by Crippen LogP contribution is -2.31. The van der Waals surface area contributed by atoms with E-state index in [4.69, 9.17) is 11.6 Å². The van der Waals surface area contributed by atoms with Crippen LogP contribution in [0, 0.1) is 18.7 Å². The molecule has 0 spiro atoms. The lowest BCUT2D eigenvalue weighted by molar-refractivity contribution is 0.416. The minimum absolute atomic E-state index is 0.00806. The summed E-state index contributed by atoms with van der Waals surface area (Å²) in [5, 5.41) is 0. The van der Waals surface area contributed by atoms with Crippen molar-refractivity contribution in [2.75, 3.05) is 13.6 Å². The third kappa shape index (κ3) is 3.68. The van der Waals surface area contributed by atoms with Crippen LogP contribution >= 0.6 is 11.6 Å². The zero-order valence-corrected chi connectivity index (χ0v) is 13.1. The van der Waals surface area contributed by atoms with Gasteiger partial charge < -0.3 is 0 Å². The van der Waals surface area contributed by atoms with Gasteiger partial charge in [-0.2, -0.15) is 0 Å². The highest BCUT2D eigenvalue weighted by Gasteiger charge is 2.25. The Kier molecular flexibility index (Phi) is 5.35. The largest absolute Gasteiger partial charge is 0.243 e. The summed E-state index contributed by atoms with van der Waals surface area (Å²) in [6.45, 7) is 5.70. The smallest absolute Gasteiger partial charge is 0.207 e. The van der Waals surface area contributed by atoms with E-state index in [9.17, 15) is 12.8 Å². The Morgan fingerprint density at radius 1 is 1.37 bits per heavy atom. The van der Waals surface area contributed by atoms with Crippen LogP contribution in [0.15, 0.2) is 17.0 Å². The number of benzene rings is 1. The molecule has 0 saturated carbocycles. The molecule has 1 aromatic rings. The van der Waals surface area contributed by atoms with E-state index >= 15 is 0 Å². The Balaban J connectivity index is 3.32. The molecule has 0 unspecified atom stereocenters. The van der Waals surface area contributed by atoms with Crippen molar-refractivity contribution in [2.24, 2.45) is 5.92 Å². The van der Waals surface area contributed by atoms with Crippen LogP contribution in [0.3, 0.4) is 0 Å². The summed E-state index contributed by atoms with van der Waals surface area (Å²) in [6, 6.07) is 2.71. The van der Waals surface area contributed by atoms with E-state index in [-0.39, 0.29) is 22.3 Å². The highest BCUT2D eigenvalue weighted by atomic mass is 35.5. The molecule has 0 radical (unpaired) electrons. The molecule has 0 atom stereocenters. The van der Waals surface area contributed by atoms with Crippen LogP contribution in [-0.2, 0) is 15.9 Å². The molecule has 0 saturated heterocycles. The molecule has 108 valence electrons. The van der Waals surface area contributed by atoms with Gasteiger partial charge in [-0.05, 0) is 30.5 Å². The normalized spacial score (nSPS) is 12.4. The van der Waals surface area contributed by atoms with Crippen molar-refractivity contribution < 1.29 is 12.8 Å². The maximum Gasteiger partial charge on any atom is 0.243 e. The van der Waals surface area contributed by atoms with Gasteiger partial charge in [0.05, 0.1) is 4.90 Å². The van der Waals surface area contributed by atoms with Crippen LogP contribution in [0.1, 0.15) is 25.0 Å². The summed E-state index contributed by atoms with van der Waals surface area (Å²) in [6.07, 6.45) is 0. The number of hydrogen-bond donors (Lipinski definition) is 0. The molecule has 1 aromatic carbocycles. The molecule has 0 fully saturated rings. The van der Waals surface area contributed by atoms with E-state index < -0.39 is 15.8 Å². The van der Waals surface area contributed by atoms with Crippen LogP contribution in [0.2, 0.25) is 0 Å². The molecule has 19 heavy (non-hydrogen) atoms. The molecule has 3 nitrogen and oxygen atoms in total. The molecule has 0 aliphatic heterocycles. The highest BCUT2D eigenvalue weighted by Crippen LogP contribution is 2.24. The van der Waals surface area contributed by atoms with Crippen molar-refractivity contribution in [1.29, 1.82) is 0 Å². The highest BCUT2D eigenvalue weighted by molar-refractivity contribution is 7.89. The molecular weight excluding hydrogens is 289 g/mol. The summed E-state index contributed by atoms with van der Waals surface area (Å²) >= 11 is 5.66. The van der Waals surface area contributed by atoms with Crippen LogP contribution in [-0.4, -0.2) is 26.3 Å². The fourth-order valence-corrected chi connectivity index (χ4v) is 3.60. The third-order valence-electron chi connectivity index (χ3n) is 2.82. The van der Waals surface area contributed by atoms with E-state index in [0.29, 0.717) is 12.1 Å². The standard InChI is InChI=1S/C13H19ClFNO2S/c1-9(2)8-16(4)19(17,18)13-6-11(7-14)5-12(15)10(13)3/h5-6,9H,7-8H2,1-4H3. The van der Waals surface area contributed by atoms with Crippen LogP contribution < -0.4 is 0 Å². The lowest BCUT2D eigenvalue weighted by Gasteiger charge is -2.21. The van der Waals surface area contributed by atoms with Gasteiger partial charge in [0.15, 0.2) is 0 Å². The zero-order chi connectivity index (χ0) is 14.8. The van der Waals surface area contributed by atoms with E-state index in [0.717, 1.165) is 0 Å². The topological polar surface area (TPSA) is 37.4 Å². The summed E-state index contributed by atoms with van der Waals surface area (Å²) in [5.41, 5.74) is 0.589. The maximum atomic E-state index is 13.7. The van der Waals surface area contributed by atoms with Gasteiger partial charge in [-0.15, -0.1) is 11.6 Å². The predicted octanol–water partition coefficient (Wildman–Crippen LogP) is 3.15. The molecule has 6 heteroatoms. The van der Waals surface area contributed by atoms with E-state index in [2.05, 4.69) is 0 Å². The number of halogens is 2. The molecule has 0 amide bonds. The number of rotatable bonds is 5. The number of nitrogens with zero attached hydrogens (tertiary/aromatic N) is 1. The number of sulfonamides is 1. The Bertz CT molecular complexity index is 558.